The van der Waals surface area contributed by atoms with E-state index in [0.717, 1.165) is 19.3 Å². The maximum atomic E-state index is 6.35. The van der Waals surface area contributed by atoms with Gasteiger partial charge in [-0.1, -0.05) is 6.92 Å². The Kier molecular flexibility index (Phi) is 4.71. The topological polar surface area (TPSA) is 47.1 Å². The Morgan fingerprint density at radius 1 is 1.53 bits per heavy atom. The summed E-state index contributed by atoms with van der Waals surface area (Å²) in [7, 11) is 6.15. The predicted molar refractivity (Wildman–Crippen MR) is 71.9 cm³/mol. The van der Waals surface area contributed by atoms with Gasteiger partial charge in [0.1, 0.15) is 0 Å². The van der Waals surface area contributed by atoms with Crippen LogP contribution in [0.2, 0.25) is 0 Å². The average Bonchev–Trinajstić information content (AvgIpc) is 2.70. The summed E-state index contributed by atoms with van der Waals surface area (Å²) in [5.74, 6) is 0. The second kappa shape index (κ2) is 5.65. The molecular formula is C13H26N4. The van der Waals surface area contributed by atoms with E-state index in [-0.39, 0.29) is 11.6 Å². The summed E-state index contributed by atoms with van der Waals surface area (Å²) >= 11 is 0. The summed E-state index contributed by atoms with van der Waals surface area (Å²) < 4.78 is 1.84. The number of nitrogens with zero attached hydrogens (tertiary/aromatic N) is 3. The van der Waals surface area contributed by atoms with Gasteiger partial charge in [0.2, 0.25) is 0 Å². The second-order valence-electron chi connectivity index (χ2n) is 5.27. The van der Waals surface area contributed by atoms with Crippen LogP contribution in [0.25, 0.3) is 0 Å². The third kappa shape index (κ3) is 3.30. The van der Waals surface area contributed by atoms with Crippen molar-refractivity contribution in [2.24, 2.45) is 12.8 Å². The van der Waals surface area contributed by atoms with Crippen LogP contribution in [0.3, 0.4) is 0 Å². The van der Waals surface area contributed by atoms with Crippen molar-refractivity contribution in [2.75, 3.05) is 14.1 Å². The Bertz CT molecular complexity index is 345. The van der Waals surface area contributed by atoms with Crippen molar-refractivity contribution in [3.63, 3.8) is 0 Å². The first-order valence-electron chi connectivity index (χ1n) is 6.30. The van der Waals surface area contributed by atoms with Crippen molar-refractivity contribution < 1.29 is 0 Å². The fraction of sp³-hybridized carbons (Fsp3) is 0.769. The van der Waals surface area contributed by atoms with Crippen LogP contribution in [0, 0.1) is 0 Å². The van der Waals surface area contributed by atoms with Gasteiger partial charge in [-0.25, -0.2) is 0 Å². The molecule has 1 aromatic rings. The molecule has 2 N–H and O–H groups in total. The predicted octanol–water partition coefficient (Wildman–Crippen LogP) is 1.41. The molecule has 98 valence electrons. The van der Waals surface area contributed by atoms with E-state index in [1.165, 1.54) is 5.56 Å². The molecule has 4 nitrogen and oxygen atoms in total. The lowest BCUT2D eigenvalue weighted by Gasteiger charge is -2.41. The molecule has 1 rings (SSSR count). The third-order valence-electron chi connectivity index (χ3n) is 4.04. The van der Waals surface area contributed by atoms with E-state index in [2.05, 4.69) is 44.1 Å². The molecule has 0 aliphatic rings. The normalized spacial score (nSPS) is 17.1. The van der Waals surface area contributed by atoms with Gasteiger partial charge in [-0.2, -0.15) is 5.10 Å². The molecule has 17 heavy (non-hydrogen) atoms. The first-order chi connectivity index (χ1) is 7.90. The molecule has 0 bridgehead atoms. The van der Waals surface area contributed by atoms with E-state index in [1.807, 2.05) is 17.9 Å². The van der Waals surface area contributed by atoms with Crippen LogP contribution in [-0.2, 0) is 13.5 Å². The fourth-order valence-corrected chi connectivity index (χ4v) is 2.14. The van der Waals surface area contributed by atoms with Crippen molar-refractivity contribution in [3.05, 3.63) is 18.0 Å². The Hall–Kier alpha value is -0.870. The van der Waals surface area contributed by atoms with Gasteiger partial charge >= 0.3 is 0 Å². The maximum Gasteiger partial charge on any atom is 0.0521 e. The van der Waals surface area contributed by atoms with Crippen LogP contribution in [-0.4, -0.2) is 40.4 Å². The summed E-state index contributed by atoms with van der Waals surface area (Å²) in [6.07, 6.45) is 7.04. The van der Waals surface area contributed by atoms with Crippen LogP contribution in [0.5, 0.6) is 0 Å². The van der Waals surface area contributed by atoms with Crippen LogP contribution < -0.4 is 5.73 Å². The quantitative estimate of drug-likeness (QED) is 0.815. The van der Waals surface area contributed by atoms with Gasteiger partial charge in [-0.15, -0.1) is 0 Å². The second-order valence-corrected chi connectivity index (χ2v) is 5.27. The minimum absolute atomic E-state index is 0.0716. The molecule has 1 heterocycles. The highest BCUT2D eigenvalue weighted by molar-refractivity contribution is 5.05. The summed E-state index contributed by atoms with van der Waals surface area (Å²) in [6.45, 7) is 4.44. The zero-order chi connectivity index (χ0) is 13.1. The Morgan fingerprint density at radius 2 is 2.18 bits per heavy atom. The highest BCUT2D eigenvalue weighted by Crippen LogP contribution is 2.22. The molecule has 0 saturated carbocycles. The van der Waals surface area contributed by atoms with E-state index in [0.29, 0.717) is 0 Å². The van der Waals surface area contributed by atoms with Gasteiger partial charge < -0.3 is 10.6 Å². The number of aromatic nitrogens is 2. The number of likely N-dealkylation sites (N-methyl/N-ethyl adjacent to an activating group) is 1. The summed E-state index contributed by atoms with van der Waals surface area (Å²) in [5, 5.41) is 4.18. The average molecular weight is 238 g/mol. The number of nitrogens with two attached hydrogens (primary N) is 1. The standard InChI is InChI=1S/C13H26N4/c1-6-13(2,16(3)4)12(14)8-7-11-9-15-17(5)10-11/h9-10,12H,6-8,14H2,1-5H3. The Balaban J connectivity index is 2.56. The van der Waals surface area contributed by atoms with Gasteiger partial charge in [-0.3, -0.25) is 4.68 Å². The largest absolute Gasteiger partial charge is 0.326 e. The first-order valence-corrected chi connectivity index (χ1v) is 6.30. The minimum Gasteiger partial charge on any atom is -0.326 e. The molecule has 0 aliphatic carbocycles. The molecule has 4 heteroatoms. The van der Waals surface area contributed by atoms with E-state index in [1.54, 1.807) is 0 Å². The molecule has 0 radical (unpaired) electrons. The lowest BCUT2D eigenvalue weighted by Crippen LogP contribution is -2.55. The van der Waals surface area contributed by atoms with Crippen molar-refractivity contribution >= 4 is 0 Å². The first kappa shape index (κ1) is 14.2. The molecule has 0 fully saturated rings. The van der Waals surface area contributed by atoms with E-state index < -0.39 is 0 Å². The SMILES string of the molecule is CCC(C)(C(N)CCc1cnn(C)c1)N(C)C. The van der Waals surface area contributed by atoms with Crippen molar-refractivity contribution in [3.8, 4) is 0 Å². The summed E-state index contributed by atoms with van der Waals surface area (Å²) in [5.41, 5.74) is 7.69. The highest BCUT2D eigenvalue weighted by atomic mass is 15.2. The Labute approximate surface area is 105 Å². The van der Waals surface area contributed by atoms with Crippen molar-refractivity contribution in [1.29, 1.82) is 0 Å². The molecule has 0 amide bonds. The highest BCUT2D eigenvalue weighted by Gasteiger charge is 2.31. The van der Waals surface area contributed by atoms with Gasteiger partial charge in [-0.05, 0) is 45.8 Å². The van der Waals surface area contributed by atoms with Gasteiger partial charge in [0.05, 0.1) is 6.20 Å². The smallest absolute Gasteiger partial charge is 0.0521 e. The van der Waals surface area contributed by atoms with Crippen LogP contribution in [0.1, 0.15) is 32.3 Å². The molecule has 2 unspecified atom stereocenters. The van der Waals surface area contributed by atoms with Gasteiger partial charge in [0.25, 0.3) is 0 Å². The Morgan fingerprint density at radius 3 is 2.59 bits per heavy atom. The van der Waals surface area contributed by atoms with Gasteiger partial charge in [0.15, 0.2) is 0 Å². The third-order valence-corrected chi connectivity index (χ3v) is 4.04. The lowest BCUT2D eigenvalue weighted by molar-refractivity contribution is 0.127. The van der Waals surface area contributed by atoms with Gasteiger partial charge in [0, 0.05) is 24.8 Å². The molecule has 2 atom stereocenters. The number of hydrogen-bond acceptors (Lipinski definition) is 3. The summed E-state index contributed by atoms with van der Waals surface area (Å²) in [6, 6.07) is 0.183. The molecule has 0 aromatic carbocycles. The van der Waals surface area contributed by atoms with Crippen LogP contribution in [0.4, 0.5) is 0 Å². The van der Waals surface area contributed by atoms with Crippen LogP contribution in [0.15, 0.2) is 12.4 Å². The van der Waals surface area contributed by atoms with Crippen molar-refractivity contribution in [2.45, 2.75) is 44.7 Å². The lowest BCUT2D eigenvalue weighted by atomic mass is 9.85. The monoisotopic (exact) mass is 238 g/mol. The van der Waals surface area contributed by atoms with Crippen molar-refractivity contribution in [1.82, 2.24) is 14.7 Å². The molecule has 0 spiro atoms. The molecule has 1 aromatic heterocycles. The number of aryl methyl sites for hydroxylation is 2. The maximum absolute atomic E-state index is 6.35. The number of rotatable bonds is 6. The zero-order valence-electron chi connectivity index (χ0n) is 11.8. The molecular weight excluding hydrogens is 212 g/mol. The van der Waals surface area contributed by atoms with E-state index in [4.69, 9.17) is 5.73 Å². The molecule has 0 aliphatic heterocycles. The zero-order valence-corrected chi connectivity index (χ0v) is 11.8. The molecule has 0 saturated heterocycles. The van der Waals surface area contributed by atoms with E-state index in [9.17, 15) is 0 Å². The van der Waals surface area contributed by atoms with E-state index >= 15 is 0 Å². The summed E-state index contributed by atoms with van der Waals surface area (Å²) in [4.78, 5) is 2.24. The van der Waals surface area contributed by atoms with Crippen LogP contribution >= 0.6 is 0 Å². The fourth-order valence-electron chi connectivity index (χ4n) is 2.14. The number of hydrogen-bond donors (Lipinski definition) is 1. The minimum atomic E-state index is 0.0716.